The first-order chi connectivity index (χ1) is 8.66. The van der Waals surface area contributed by atoms with Crippen LogP contribution in [0.4, 0.5) is 10.2 Å². The van der Waals surface area contributed by atoms with Gasteiger partial charge in [-0.2, -0.15) is 0 Å². The lowest BCUT2D eigenvalue weighted by molar-refractivity contribution is 0.610. The van der Waals surface area contributed by atoms with Gasteiger partial charge in [-0.05, 0) is 31.9 Å². The minimum absolute atomic E-state index is 0.161. The molecule has 18 heavy (non-hydrogen) atoms. The number of benzene rings is 1. The van der Waals surface area contributed by atoms with Crippen molar-refractivity contribution in [3.63, 3.8) is 0 Å². The highest BCUT2D eigenvalue weighted by atomic mass is 19.1. The van der Waals surface area contributed by atoms with Crippen molar-refractivity contribution in [3.8, 4) is 0 Å². The number of rotatable bonds is 4. The molecule has 0 amide bonds. The van der Waals surface area contributed by atoms with E-state index in [2.05, 4.69) is 15.3 Å². The number of aromatic nitrogens is 2. The summed E-state index contributed by atoms with van der Waals surface area (Å²) in [5.74, 6) is 0.609. The molecule has 2 aromatic rings. The molecule has 0 aliphatic rings. The van der Waals surface area contributed by atoms with Crippen LogP contribution in [0.3, 0.4) is 0 Å². The number of nitrogens with zero attached hydrogens (tertiary/aromatic N) is 2. The highest BCUT2D eigenvalue weighted by Crippen LogP contribution is 2.10. The quantitative estimate of drug-likeness (QED) is 0.900. The van der Waals surface area contributed by atoms with Crippen molar-refractivity contribution in [2.24, 2.45) is 0 Å². The molecule has 2 rings (SSSR count). The van der Waals surface area contributed by atoms with Gasteiger partial charge in [-0.25, -0.2) is 9.37 Å². The Morgan fingerprint density at radius 2 is 2.00 bits per heavy atom. The van der Waals surface area contributed by atoms with E-state index in [0.717, 1.165) is 17.2 Å². The zero-order chi connectivity index (χ0) is 13.0. The van der Waals surface area contributed by atoms with Gasteiger partial charge in [0.2, 0.25) is 0 Å². The van der Waals surface area contributed by atoms with E-state index in [1.807, 2.05) is 19.9 Å². The van der Waals surface area contributed by atoms with Gasteiger partial charge in [0.15, 0.2) is 0 Å². The van der Waals surface area contributed by atoms with Crippen LogP contribution in [0, 0.1) is 19.7 Å². The predicted molar refractivity (Wildman–Crippen MR) is 70.1 cm³/mol. The molecule has 1 aromatic heterocycles. The summed E-state index contributed by atoms with van der Waals surface area (Å²) in [6.07, 6.45) is 2.36. The lowest BCUT2D eigenvalue weighted by Crippen LogP contribution is -2.09. The Kier molecular flexibility index (Phi) is 3.87. The van der Waals surface area contributed by atoms with E-state index in [0.29, 0.717) is 18.5 Å². The second kappa shape index (κ2) is 5.58. The Hall–Kier alpha value is -1.97. The van der Waals surface area contributed by atoms with Crippen LogP contribution in [0.1, 0.15) is 17.0 Å². The maximum atomic E-state index is 13.4. The van der Waals surface area contributed by atoms with Gasteiger partial charge in [0.25, 0.3) is 0 Å². The Morgan fingerprint density at radius 1 is 1.22 bits per heavy atom. The van der Waals surface area contributed by atoms with Crippen molar-refractivity contribution in [2.45, 2.75) is 20.3 Å². The average molecular weight is 245 g/mol. The number of halogens is 1. The maximum absolute atomic E-state index is 13.4. The van der Waals surface area contributed by atoms with Crippen LogP contribution < -0.4 is 5.32 Å². The summed E-state index contributed by atoms with van der Waals surface area (Å²) in [4.78, 5) is 8.58. The first-order valence-corrected chi connectivity index (χ1v) is 5.94. The van der Waals surface area contributed by atoms with Crippen molar-refractivity contribution in [2.75, 3.05) is 11.9 Å². The fourth-order valence-electron chi connectivity index (χ4n) is 1.72. The molecular weight excluding hydrogens is 229 g/mol. The van der Waals surface area contributed by atoms with E-state index in [4.69, 9.17) is 0 Å². The Bertz CT molecular complexity index is 540. The number of nitrogens with one attached hydrogen (secondary N) is 1. The second-order valence-corrected chi connectivity index (χ2v) is 4.21. The maximum Gasteiger partial charge on any atom is 0.147 e. The Labute approximate surface area is 106 Å². The van der Waals surface area contributed by atoms with Crippen molar-refractivity contribution >= 4 is 5.82 Å². The molecule has 0 atom stereocenters. The summed E-state index contributed by atoms with van der Waals surface area (Å²) in [5, 5.41) is 3.19. The van der Waals surface area contributed by atoms with Gasteiger partial charge in [-0.3, -0.25) is 4.98 Å². The SMILES string of the molecule is Cc1cnc(C)c(NCCc2ccccc2F)n1. The Morgan fingerprint density at radius 3 is 2.78 bits per heavy atom. The molecule has 0 bridgehead atoms. The third-order valence-electron chi connectivity index (χ3n) is 2.72. The molecule has 0 fully saturated rings. The normalized spacial score (nSPS) is 10.4. The van der Waals surface area contributed by atoms with Crippen LogP contribution in [0.2, 0.25) is 0 Å². The predicted octanol–water partition coefficient (Wildman–Crippen LogP) is 2.89. The van der Waals surface area contributed by atoms with E-state index >= 15 is 0 Å². The van der Waals surface area contributed by atoms with E-state index in [1.165, 1.54) is 6.07 Å². The molecule has 0 unspecified atom stereocenters. The molecule has 1 N–H and O–H groups in total. The molecule has 3 nitrogen and oxygen atoms in total. The molecule has 1 aromatic carbocycles. The molecule has 1 heterocycles. The highest BCUT2D eigenvalue weighted by molar-refractivity contribution is 5.39. The van der Waals surface area contributed by atoms with Gasteiger partial charge in [0.05, 0.1) is 11.4 Å². The van der Waals surface area contributed by atoms with Gasteiger partial charge >= 0.3 is 0 Å². The van der Waals surface area contributed by atoms with Crippen LogP contribution in [0.15, 0.2) is 30.5 Å². The lowest BCUT2D eigenvalue weighted by atomic mass is 10.1. The summed E-state index contributed by atoms with van der Waals surface area (Å²) < 4.78 is 13.4. The molecule has 0 saturated heterocycles. The molecule has 0 aliphatic carbocycles. The van der Waals surface area contributed by atoms with E-state index in [9.17, 15) is 4.39 Å². The van der Waals surface area contributed by atoms with Gasteiger partial charge in [-0.15, -0.1) is 0 Å². The van der Waals surface area contributed by atoms with E-state index in [1.54, 1.807) is 18.3 Å². The highest BCUT2D eigenvalue weighted by Gasteiger charge is 2.03. The minimum Gasteiger partial charge on any atom is -0.368 e. The first kappa shape index (κ1) is 12.5. The fourth-order valence-corrected chi connectivity index (χ4v) is 1.72. The van der Waals surface area contributed by atoms with Crippen LogP contribution in [0.5, 0.6) is 0 Å². The molecule has 0 saturated carbocycles. The summed E-state index contributed by atoms with van der Waals surface area (Å²) in [5.41, 5.74) is 2.44. The summed E-state index contributed by atoms with van der Waals surface area (Å²) in [6, 6.07) is 6.82. The van der Waals surface area contributed by atoms with E-state index in [-0.39, 0.29) is 5.82 Å². The topological polar surface area (TPSA) is 37.8 Å². The molecule has 0 radical (unpaired) electrons. The molecule has 0 spiro atoms. The number of aryl methyl sites for hydroxylation is 2. The third-order valence-corrected chi connectivity index (χ3v) is 2.72. The molecular formula is C14H16FN3. The van der Waals surface area contributed by atoms with Crippen molar-refractivity contribution < 1.29 is 4.39 Å². The number of anilines is 1. The molecule has 4 heteroatoms. The van der Waals surface area contributed by atoms with Crippen molar-refractivity contribution in [1.29, 1.82) is 0 Å². The third kappa shape index (κ3) is 3.03. The summed E-state index contributed by atoms with van der Waals surface area (Å²) >= 11 is 0. The van der Waals surface area contributed by atoms with Crippen LogP contribution in [-0.4, -0.2) is 16.5 Å². The largest absolute Gasteiger partial charge is 0.368 e. The molecule has 94 valence electrons. The molecule has 0 aliphatic heterocycles. The minimum atomic E-state index is -0.161. The fraction of sp³-hybridized carbons (Fsp3) is 0.286. The Balaban J connectivity index is 1.96. The van der Waals surface area contributed by atoms with Gasteiger partial charge in [0.1, 0.15) is 11.6 Å². The summed E-state index contributed by atoms with van der Waals surface area (Å²) in [7, 11) is 0. The zero-order valence-corrected chi connectivity index (χ0v) is 10.6. The van der Waals surface area contributed by atoms with Crippen LogP contribution in [-0.2, 0) is 6.42 Å². The van der Waals surface area contributed by atoms with Gasteiger partial charge in [-0.1, -0.05) is 18.2 Å². The number of hydrogen-bond acceptors (Lipinski definition) is 3. The number of hydrogen-bond donors (Lipinski definition) is 1. The smallest absolute Gasteiger partial charge is 0.147 e. The zero-order valence-electron chi connectivity index (χ0n) is 10.6. The van der Waals surface area contributed by atoms with Crippen molar-refractivity contribution in [3.05, 3.63) is 53.2 Å². The van der Waals surface area contributed by atoms with Gasteiger partial charge < -0.3 is 5.32 Å². The first-order valence-electron chi connectivity index (χ1n) is 5.94. The van der Waals surface area contributed by atoms with Crippen molar-refractivity contribution in [1.82, 2.24) is 9.97 Å². The standard InChI is InChI=1S/C14H16FN3/c1-10-9-17-11(2)14(18-10)16-8-7-12-5-3-4-6-13(12)15/h3-6,9H,7-8H2,1-2H3,(H,16,18). The van der Waals surface area contributed by atoms with Crippen LogP contribution in [0.25, 0.3) is 0 Å². The second-order valence-electron chi connectivity index (χ2n) is 4.21. The lowest BCUT2D eigenvalue weighted by Gasteiger charge is -2.08. The average Bonchev–Trinajstić information content (AvgIpc) is 2.36. The van der Waals surface area contributed by atoms with Gasteiger partial charge in [0, 0.05) is 12.7 Å². The van der Waals surface area contributed by atoms with Crippen LogP contribution >= 0.6 is 0 Å². The van der Waals surface area contributed by atoms with E-state index < -0.39 is 0 Å². The summed E-state index contributed by atoms with van der Waals surface area (Å²) in [6.45, 7) is 4.44. The monoisotopic (exact) mass is 245 g/mol.